The standard InChI is InChI=1S/C16H36N.C8HF17O3S/c1-5-9-13-17(14-10-6-2,15-11-7-3)16-12-8-4;9-1(10,3(13,14)5(17,18)7(21,22)23)2(11,12)4(15,16)6(19,20)8(24,25)29(26,27)28/h5-16H2,1-4H3;(H,26,27,28)/q+1;. The number of alkyl halides is 17. The Labute approximate surface area is 255 Å². The molecule has 0 aromatic rings. The Kier molecular flexibility index (Phi) is 16.2. The van der Waals surface area contributed by atoms with Crippen molar-refractivity contribution < 1.29 is 92.1 Å². The summed E-state index contributed by atoms with van der Waals surface area (Å²) in [7, 11) is -7.89. The van der Waals surface area contributed by atoms with E-state index in [9.17, 15) is 83.1 Å². The summed E-state index contributed by atoms with van der Waals surface area (Å²) in [5, 5.41) is -7.84. The topological polar surface area (TPSA) is 54.4 Å². The van der Waals surface area contributed by atoms with Crippen LogP contribution in [0.25, 0.3) is 0 Å². The second kappa shape index (κ2) is 15.9. The van der Waals surface area contributed by atoms with E-state index < -0.39 is 57.1 Å². The predicted molar refractivity (Wildman–Crippen MR) is 132 cm³/mol. The van der Waals surface area contributed by atoms with Crippen LogP contribution in [0.4, 0.5) is 74.6 Å². The Morgan fingerprint density at radius 1 is 0.435 bits per heavy atom. The number of quaternary nitrogens is 1. The molecule has 0 radical (unpaired) electrons. The van der Waals surface area contributed by atoms with Crippen molar-refractivity contribution in [3.8, 4) is 0 Å². The lowest BCUT2D eigenvalue weighted by Gasteiger charge is -2.42. The molecule has 0 rings (SSSR count). The molecule has 0 saturated carbocycles. The molecule has 0 unspecified atom stereocenters. The molecule has 0 heterocycles. The minimum absolute atomic E-state index is 1.35. The first-order valence-corrected chi connectivity index (χ1v) is 15.2. The third-order valence-corrected chi connectivity index (χ3v) is 7.87. The summed E-state index contributed by atoms with van der Waals surface area (Å²) in [4.78, 5) is 0. The van der Waals surface area contributed by atoms with Gasteiger partial charge in [0.2, 0.25) is 0 Å². The minimum Gasteiger partial charge on any atom is -0.324 e. The molecule has 0 fully saturated rings. The summed E-state index contributed by atoms with van der Waals surface area (Å²) in [6, 6.07) is 0. The molecule has 46 heavy (non-hydrogen) atoms. The van der Waals surface area contributed by atoms with Gasteiger partial charge in [0, 0.05) is 0 Å². The molecular weight excluding hydrogens is 705 g/mol. The Bertz CT molecular complexity index is 994. The van der Waals surface area contributed by atoms with Gasteiger partial charge in [-0.3, -0.25) is 4.55 Å². The van der Waals surface area contributed by atoms with Gasteiger partial charge in [0.25, 0.3) is 0 Å². The van der Waals surface area contributed by atoms with Crippen LogP contribution in [0.1, 0.15) is 79.1 Å². The molecule has 0 atom stereocenters. The Morgan fingerprint density at radius 2 is 0.652 bits per heavy atom. The highest BCUT2D eigenvalue weighted by molar-refractivity contribution is 7.87. The first-order chi connectivity index (χ1) is 20.2. The van der Waals surface area contributed by atoms with Gasteiger partial charge >= 0.3 is 57.1 Å². The summed E-state index contributed by atoms with van der Waals surface area (Å²) in [5.41, 5.74) is 0. The molecule has 0 spiro atoms. The highest BCUT2D eigenvalue weighted by Gasteiger charge is 2.96. The molecular formula is C24H37F17NO3S+. The fourth-order valence-electron chi connectivity index (χ4n) is 3.96. The average Bonchev–Trinajstić information content (AvgIpc) is 2.90. The highest BCUT2D eigenvalue weighted by Crippen LogP contribution is 2.64. The molecule has 0 aliphatic carbocycles. The zero-order valence-corrected chi connectivity index (χ0v) is 25.8. The van der Waals surface area contributed by atoms with Crippen molar-refractivity contribution in [3.05, 3.63) is 0 Å². The normalized spacial score (nSPS) is 15.1. The second-order valence-electron chi connectivity index (χ2n) is 10.6. The number of nitrogens with zero attached hydrogens (tertiary/aromatic N) is 1. The maximum Gasteiger partial charge on any atom is 0.460 e. The lowest BCUT2D eigenvalue weighted by molar-refractivity contribution is -0.929. The molecule has 0 saturated heterocycles. The van der Waals surface area contributed by atoms with Crippen LogP contribution in [0.2, 0.25) is 0 Å². The van der Waals surface area contributed by atoms with Crippen molar-refractivity contribution in [2.45, 2.75) is 126 Å². The van der Waals surface area contributed by atoms with Gasteiger partial charge in [0.05, 0.1) is 26.2 Å². The van der Waals surface area contributed by atoms with Gasteiger partial charge < -0.3 is 4.48 Å². The number of rotatable bonds is 19. The van der Waals surface area contributed by atoms with E-state index in [1.165, 1.54) is 82.0 Å². The van der Waals surface area contributed by atoms with Gasteiger partial charge in [-0.2, -0.15) is 83.1 Å². The second-order valence-corrected chi connectivity index (χ2v) is 12.0. The Hall–Kier alpha value is -1.32. The van der Waals surface area contributed by atoms with Crippen molar-refractivity contribution in [2.24, 2.45) is 0 Å². The zero-order valence-electron chi connectivity index (χ0n) is 25.0. The van der Waals surface area contributed by atoms with Crippen LogP contribution in [0.15, 0.2) is 0 Å². The van der Waals surface area contributed by atoms with E-state index in [2.05, 4.69) is 27.7 Å². The quantitative estimate of drug-likeness (QED) is 0.0815. The minimum atomic E-state index is -8.89. The first kappa shape index (κ1) is 46.8. The van der Waals surface area contributed by atoms with Crippen LogP contribution in [0.5, 0.6) is 0 Å². The van der Waals surface area contributed by atoms with Gasteiger partial charge in [0.15, 0.2) is 0 Å². The van der Waals surface area contributed by atoms with Crippen LogP contribution < -0.4 is 0 Å². The molecule has 1 N–H and O–H groups in total. The average molecular weight is 743 g/mol. The van der Waals surface area contributed by atoms with Crippen LogP contribution in [0.3, 0.4) is 0 Å². The molecule has 4 nitrogen and oxygen atoms in total. The number of unbranched alkanes of at least 4 members (excludes halogenated alkanes) is 4. The Morgan fingerprint density at radius 3 is 0.848 bits per heavy atom. The van der Waals surface area contributed by atoms with E-state index >= 15 is 0 Å². The van der Waals surface area contributed by atoms with Crippen LogP contribution in [0, 0.1) is 0 Å². The van der Waals surface area contributed by atoms with E-state index in [1.807, 2.05) is 0 Å². The zero-order chi connectivity index (χ0) is 37.5. The molecule has 0 aliphatic rings. The molecule has 280 valence electrons. The summed E-state index contributed by atoms with van der Waals surface area (Å²) >= 11 is 0. The molecule has 0 amide bonds. The van der Waals surface area contributed by atoms with E-state index in [4.69, 9.17) is 4.55 Å². The maximum atomic E-state index is 13.0. The molecule has 0 aliphatic heterocycles. The highest BCUT2D eigenvalue weighted by atomic mass is 32.2. The summed E-state index contributed by atoms with van der Waals surface area (Å²) in [6.45, 7) is 15.0. The Balaban J connectivity index is 0. The number of hydrogen-bond donors (Lipinski definition) is 1. The van der Waals surface area contributed by atoms with E-state index in [-0.39, 0.29) is 0 Å². The summed E-state index contributed by atoms with van der Waals surface area (Å²) in [5.74, 6) is -52.0. The van der Waals surface area contributed by atoms with Crippen LogP contribution in [-0.2, 0) is 10.1 Å². The fraction of sp³-hybridized carbons (Fsp3) is 1.00. The SMILES string of the molecule is CCCC[N+](CCCC)(CCCC)CCCC.O=S(=O)(O)C(F)(F)C(F)(F)C(F)(F)C(F)(F)C(F)(F)C(F)(F)C(F)(F)C(F)(F)F. The van der Waals surface area contributed by atoms with Crippen molar-refractivity contribution >= 4 is 10.1 Å². The lowest BCUT2D eigenvalue weighted by Crippen LogP contribution is -2.74. The van der Waals surface area contributed by atoms with Crippen LogP contribution >= 0.6 is 0 Å². The van der Waals surface area contributed by atoms with Crippen molar-refractivity contribution in [3.63, 3.8) is 0 Å². The monoisotopic (exact) mass is 742 g/mol. The lowest BCUT2D eigenvalue weighted by atomic mass is 9.91. The van der Waals surface area contributed by atoms with Crippen molar-refractivity contribution in [1.29, 1.82) is 0 Å². The number of hydrogen-bond acceptors (Lipinski definition) is 2. The van der Waals surface area contributed by atoms with Crippen molar-refractivity contribution in [2.75, 3.05) is 26.2 Å². The van der Waals surface area contributed by atoms with E-state index in [1.54, 1.807) is 0 Å². The van der Waals surface area contributed by atoms with Gasteiger partial charge in [-0.1, -0.05) is 53.4 Å². The van der Waals surface area contributed by atoms with Gasteiger partial charge in [-0.25, -0.2) is 0 Å². The maximum absolute atomic E-state index is 13.0. The third-order valence-electron chi connectivity index (χ3n) is 6.96. The first-order valence-electron chi connectivity index (χ1n) is 13.8. The van der Waals surface area contributed by atoms with Crippen molar-refractivity contribution in [1.82, 2.24) is 0 Å². The van der Waals surface area contributed by atoms with Crippen LogP contribution in [-0.4, -0.2) is 90.6 Å². The predicted octanol–water partition coefficient (Wildman–Crippen LogP) is 9.84. The van der Waals surface area contributed by atoms with E-state index in [0.29, 0.717) is 0 Å². The smallest absolute Gasteiger partial charge is 0.324 e. The van der Waals surface area contributed by atoms with Gasteiger partial charge in [-0.05, 0) is 25.7 Å². The molecule has 0 aromatic carbocycles. The third kappa shape index (κ3) is 9.02. The molecule has 0 bridgehead atoms. The molecule has 0 aromatic heterocycles. The largest absolute Gasteiger partial charge is 0.460 e. The van der Waals surface area contributed by atoms with Gasteiger partial charge in [0.1, 0.15) is 0 Å². The fourth-order valence-corrected chi connectivity index (χ4v) is 4.41. The molecule has 22 heteroatoms. The van der Waals surface area contributed by atoms with E-state index in [0.717, 1.165) is 0 Å². The number of halogens is 17. The summed E-state index contributed by atoms with van der Waals surface area (Å²) < 4.78 is 244. The summed E-state index contributed by atoms with van der Waals surface area (Å²) in [6.07, 6.45) is 3.18. The van der Waals surface area contributed by atoms with Gasteiger partial charge in [-0.15, -0.1) is 0 Å².